The summed E-state index contributed by atoms with van der Waals surface area (Å²) in [7, 11) is 0. The van der Waals surface area contributed by atoms with E-state index < -0.39 is 23.8 Å². The highest BCUT2D eigenvalue weighted by atomic mass is 16.4. The molecule has 3 N–H and O–H groups in total. The van der Waals surface area contributed by atoms with E-state index >= 15 is 0 Å². The minimum Gasteiger partial charge on any atom is -0.480 e. The Morgan fingerprint density at radius 1 is 1.40 bits per heavy atom. The number of carboxylic acid groups (broad SMARTS) is 1. The average molecular weight is 279 g/mol. The highest BCUT2D eigenvalue weighted by molar-refractivity contribution is 5.96. The Bertz CT molecular complexity index is 476. The Morgan fingerprint density at radius 3 is 2.70 bits per heavy atom. The maximum Gasteiger partial charge on any atom is 0.326 e. The van der Waals surface area contributed by atoms with E-state index in [1.807, 2.05) is 6.92 Å². The maximum atomic E-state index is 11.6. The van der Waals surface area contributed by atoms with Crippen LogP contribution >= 0.6 is 0 Å². The molecule has 0 aliphatic heterocycles. The molecule has 0 fully saturated rings. The zero-order chi connectivity index (χ0) is 15.0. The summed E-state index contributed by atoms with van der Waals surface area (Å²) < 4.78 is 0. The predicted octanol–water partition coefficient (Wildman–Crippen LogP) is 0.181. The second-order valence-electron chi connectivity index (χ2n) is 4.17. The van der Waals surface area contributed by atoms with Crippen LogP contribution in [0.3, 0.4) is 0 Å². The number of carboxylic acids is 1. The molecule has 1 heterocycles. The molecular formula is C13H17N3O4. The molecular weight excluding hydrogens is 262 g/mol. The first-order chi connectivity index (χ1) is 9.54. The van der Waals surface area contributed by atoms with Gasteiger partial charge >= 0.3 is 5.97 Å². The van der Waals surface area contributed by atoms with Crippen LogP contribution in [0.4, 0.5) is 0 Å². The number of carbonyl (C=O) groups excluding carboxylic acids is 2. The normalized spacial score (nSPS) is 11.4. The average Bonchev–Trinajstić information content (AvgIpc) is 2.45. The van der Waals surface area contributed by atoms with Gasteiger partial charge in [0.05, 0.1) is 12.1 Å². The van der Waals surface area contributed by atoms with Crippen molar-refractivity contribution >= 4 is 17.8 Å². The first-order valence-corrected chi connectivity index (χ1v) is 6.25. The van der Waals surface area contributed by atoms with Crippen molar-refractivity contribution in [3.63, 3.8) is 0 Å². The predicted molar refractivity (Wildman–Crippen MR) is 71.0 cm³/mol. The summed E-state index contributed by atoms with van der Waals surface area (Å²) in [5.41, 5.74) is 0.337. The van der Waals surface area contributed by atoms with Gasteiger partial charge in [-0.15, -0.1) is 0 Å². The fraction of sp³-hybridized carbons (Fsp3) is 0.385. The Kier molecular flexibility index (Phi) is 6.15. The van der Waals surface area contributed by atoms with Gasteiger partial charge in [-0.25, -0.2) is 4.79 Å². The molecule has 0 aliphatic carbocycles. The molecule has 7 heteroatoms. The van der Waals surface area contributed by atoms with E-state index in [9.17, 15) is 14.4 Å². The van der Waals surface area contributed by atoms with Crippen LogP contribution in [0, 0.1) is 0 Å². The van der Waals surface area contributed by atoms with Gasteiger partial charge in [-0.3, -0.25) is 14.6 Å². The number of nitrogens with one attached hydrogen (secondary N) is 2. The highest BCUT2D eigenvalue weighted by Gasteiger charge is 2.18. The van der Waals surface area contributed by atoms with Crippen molar-refractivity contribution in [3.8, 4) is 0 Å². The zero-order valence-corrected chi connectivity index (χ0v) is 11.1. The number of hydrogen-bond donors (Lipinski definition) is 3. The highest BCUT2D eigenvalue weighted by Crippen LogP contribution is 1.97. The lowest BCUT2D eigenvalue weighted by molar-refractivity contribution is -0.141. The van der Waals surface area contributed by atoms with Crippen molar-refractivity contribution in [2.24, 2.45) is 0 Å². The molecule has 0 spiro atoms. The lowest BCUT2D eigenvalue weighted by Gasteiger charge is -2.13. The third kappa shape index (κ3) is 5.05. The summed E-state index contributed by atoms with van der Waals surface area (Å²) in [6.45, 7) is 1.55. The molecule has 108 valence electrons. The van der Waals surface area contributed by atoms with Crippen LogP contribution in [0.15, 0.2) is 24.5 Å². The molecule has 0 radical (unpaired) electrons. The molecule has 20 heavy (non-hydrogen) atoms. The third-order valence-electron chi connectivity index (χ3n) is 2.54. The van der Waals surface area contributed by atoms with Gasteiger partial charge < -0.3 is 15.7 Å². The summed E-state index contributed by atoms with van der Waals surface area (Å²) in [4.78, 5) is 37.9. The SMILES string of the molecule is CCCC(NC(=O)CNC(=O)c1cccnc1)C(=O)O. The molecule has 1 unspecified atom stereocenters. The number of amides is 2. The molecule has 0 aliphatic rings. The largest absolute Gasteiger partial charge is 0.480 e. The quantitative estimate of drug-likeness (QED) is 0.660. The summed E-state index contributed by atoms with van der Waals surface area (Å²) in [5.74, 6) is -2.06. The number of aromatic nitrogens is 1. The van der Waals surface area contributed by atoms with E-state index in [1.165, 1.54) is 12.4 Å². The van der Waals surface area contributed by atoms with Crippen molar-refractivity contribution in [1.29, 1.82) is 0 Å². The van der Waals surface area contributed by atoms with Crippen LogP contribution in [0.1, 0.15) is 30.1 Å². The van der Waals surface area contributed by atoms with Crippen LogP contribution in [0.5, 0.6) is 0 Å². The van der Waals surface area contributed by atoms with Gasteiger partial charge in [0.1, 0.15) is 6.04 Å². The van der Waals surface area contributed by atoms with Gasteiger partial charge in [-0.2, -0.15) is 0 Å². The van der Waals surface area contributed by atoms with Crippen molar-refractivity contribution in [1.82, 2.24) is 15.6 Å². The molecule has 0 saturated carbocycles. The van der Waals surface area contributed by atoms with Crippen LogP contribution in [0.25, 0.3) is 0 Å². The first-order valence-electron chi connectivity index (χ1n) is 6.25. The van der Waals surface area contributed by atoms with Gasteiger partial charge in [0.15, 0.2) is 0 Å². The van der Waals surface area contributed by atoms with Crippen molar-refractivity contribution in [2.45, 2.75) is 25.8 Å². The monoisotopic (exact) mass is 279 g/mol. The van der Waals surface area contributed by atoms with E-state index in [0.717, 1.165) is 0 Å². The topological polar surface area (TPSA) is 108 Å². The van der Waals surface area contributed by atoms with Crippen LogP contribution in [0.2, 0.25) is 0 Å². The molecule has 1 atom stereocenters. The molecule has 1 aromatic rings. The van der Waals surface area contributed by atoms with E-state index in [1.54, 1.807) is 12.1 Å². The van der Waals surface area contributed by atoms with Gasteiger partial charge in [-0.1, -0.05) is 13.3 Å². The first kappa shape index (κ1) is 15.6. The van der Waals surface area contributed by atoms with Gasteiger partial charge in [0.2, 0.25) is 5.91 Å². The minimum absolute atomic E-state index is 0.277. The number of aliphatic carboxylic acids is 1. The zero-order valence-electron chi connectivity index (χ0n) is 11.1. The van der Waals surface area contributed by atoms with Crippen LogP contribution in [-0.4, -0.2) is 40.5 Å². The van der Waals surface area contributed by atoms with E-state index in [0.29, 0.717) is 18.4 Å². The summed E-state index contributed by atoms with van der Waals surface area (Å²) in [6.07, 6.45) is 3.90. The number of hydrogen-bond acceptors (Lipinski definition) is 4. The van der Waals surface area contributed by atoms with Gasteiger partial charge in [0, 0.05) is 12.4 Å². The van der Waals surface area contributed by atoms with Gasteiger partial charge in [0.25, 0.3) is 5.91 Å². The number of pyridine rings is 1. The van der Waals surface area contributed by atoms with Crippen LogP contribution in [-0.2, 0) is 9.59 Å². The Labute approximate surface area is 116 Å². The second-order valence-corrected chi connectivity index (χ2v) is 4.17. The molecule has 2 amide bonds. The second kappa shape index (κ2) is 7.88. The third-order valence-corrected chi connectivity index (χ3v) is 2.54. The number of carbonyl (C=O) groups is 3. The Balaban J connectivity index is 2.43. The maximum absolute atomic E-state index is 11.6. The van der Waals surface area contributed by atoms with Crippen molar-refractivity contribution < 1.29 is 19.5 Å². The van der Waals surface area contributed by atoms with Crippen molar-refractivity contribution in [3.05, 3.63) is 30.1 Å². The summed E-state index contributed by atoms with van der Waals surface area (Å²) in [5, 5.41) is 13.7. The molecule has 0 saturated heterocycles. The number of rotatable bonds is 7. The van der Waals surface area contributed by atoms with E-state index in [4.69, 9.17) is 5.11 Å². The standard InChI is InChI=1S/C13H17N3O4/c1-2-4-10(13(19)20)16-11(17)8-15-12(18)9-5-3-6-14-7-9/h3,5-7,10H,2,4,8H2,1H3,(H,15,18)(H,16,17)(H,19,20). The number of nitrogens with zero attached hydrogens (tertiary/aromatic N) is 1. The molecule has 1 aromatic heterocycles. The fourth-order valence-electron chi connectivity index (χ4n) is 1.55. The lowest BCUT2D eigenvalue weighted by Crippen LogP contribution is -2.45. The fourth-order valence-corrected chi connectivity index (χ4v) is 1.55. The van der Waals surface area contributed by atoms with Crippen LogP contribution < -0.4 is 10.6 Å². The minimum atomic E-state index is -1.08. The molecule has 0 aromatic carbocycles. The molecule has 1 rings (SSSR count). The molecule has 7 nitrogen and oxygen atoms in total. The van der Waals surface area contributed by atoms with Gasteiger partial charge in [-0.05, 0) is 18.6 Å². The van der Waals surface area contributed by atoms with E-state index in [-0.39, 0.29) is 6.54 Å². The summed E-state index contributed by atoms with van der Waals surface area (Å²) >= 11 is 0. The Hall–Kier alpha value is -2.44. The lowest BCUT2D eigenvalue weighted by atomic mass is 10.1. The van der Waals surface area contributed by atoms with Crippen molar-refractivity contribution in [2.75, 3.05) is 6.54 Å². The smallest absolute Gasteiger partial charge is 0.326 e. The van der Waals surface area contributed by atoms with E-state index in [2.05, 4.69) is 15.6 Å². The Morgan fingerprint density at radius 2 is 2.15 bits per heavy atom. The summed E-state index contributed by atoms with van der Waals surface area (Å²) in [6, 6.07) is 2.25. The molecule has 0 bridgehead atoms.